The molecule has 39 heavy (non-hydrogen) atoms. The third-order valence-electron chi connectivity index (χ3n) is 8.69. The number of nitrogens with zero attached hydrogens (tertiary/aromatic N) is 3. The molecule has 0 saturated heterocycles. The van der Waals surface area contributed by atoms with E-state index in [1.165, 1.54) is 69.9 Å². The van der Waals surface area contributed by atoms with Gasteiger partial charge in [0.2, 0.25) is 0 Å². The molecule has 1 aliphatic carbocycles. The maximum Gasteiger partial charge on any atom is 0.116 e. The molecule has 1 aliphatic rings. The summed E-state index contributed by atoms with van der Waals surface area (Å²) in [5, 5.41) is 6.30. The summed E-state index contributed by atoms with van der Waals surface area (Å²) in [7, 11) is 0. The van der Waals surface area contributed by atoms with Gasteiger partial charge >= 0.3 is 0 Å². The molecule has 0 bridgehead atoms. The van der Waals surface area contributed by atoms with Crippen molar-refractivity contribution in [1.82, 2.24) is 14.5 Å². The monoisotopic (exact) mass is 517 g/mol. The Balaban J connectivity index is 1.43. The topological polar surface area (TPSA) is 30.7 Å². The van der Waals surface area contributed by atoms with E-state index in [-0.39, 0.29) is 5.41 Å². The fraction of sp³-hybridized carbons (Fsp3) is 0.0857. The molecule has 0 aliphatic heterocycles. The van der Waals surface area contributed by atoms with Gasteiger partial charge in [-0.15, -0.1) is 11.3 Å². The molecule has 0 radical (unpaired) electrons. The predicted octanol–water partition coefficient (Wildman–Crippen LogP) is 9.40. The Morgan fingerprint density at radius 2 is 1.54 bits per heavy atom. The number of thiophene rings is 1. The Morgan fingerprint density at radius 1 is 0.718 bits per heavy atom. The fourth-order valence-electron chi connectivity index (χ4n) is 6.94. The second-order valence-electron chi connectivity index (χ2n) is 11.1. The first-order chi connectivity index (χ1) is 19.1. The van der Waals surface area contributed by atoms with Crippen LogP contribution in [0.5, 0.6) is 0 Å². The van der Waals surface area contributed by atoms with Crippen LogP contribution in [0.15, 0.2) is 104 Å². The van der Waals surface area contributed by atoms with Crippen molar-refractivity contribution >= 4 is 64.2 Å². The van der Waals surface area contributed by atoms with Gasteiger partial charge in [-0.1, -0.05) is 62.4 Å². The third kappa shape index (κ3) is 2.71. The minimum atomic E-state index is -0.186. The number of fused-ring (bicyclic) bond motifs is 11. The SMILES string of the molecule is CC1(C)c2cc3ncncc3cc2-c2ccc3c4ccccc4n(-c4ccc5sc6ccccc6c5c4)c3c21. The predicted molar refractivity (Wildman–Crippen MR) is 164 cm³/mol. The minimum Gasteiger partial charge on any atom is -0.309 e. The minimum absolute atomic E-state index is 0.186. The second-order valence-corrected chi connectivity index (χ2v) is 12.2. The van der Waals surface area contributed by atoms with Crippen LogP contribution in [0, 0.1) is 0 Å². The van der Waals surface area contributed by atoms with Crippen molar-refractivity contribution in [2.24, 2.45) is 0 Å². The normalized spacial score (nSPS) is 14.1. The van der Waals surface area contributed by atoms with Gasteiger partial charge in [0, 0.05) is 53.6 Å². The van der Waals surface area contributed by atoms with Gasteiger partial charge in [0.05, 0.1) is 16.6 Å². The summed E-state index contributed by atoms with van der Waals surface area (Å²) in [5.74, 6) is 0. The molecule has 3 aromatic heterocycles. The zero-order valence-electron chi connectivity index (χ0n) is 21.6. The molecule has 3 nitrogen and oxygen atoms in total. The molecule has 4 heteroatoms. The van der Waals surface area contributed by atoms with Crippen LogP contribution in [0.3, 0.4) is 0 Å². The van der Waals surface area contributed by atoms with E-state index in [0.717, 1.165) is 10.9 Å². The Labute approximate surface area is 229 Å². The Morgan fingerprint density at radius 3 is 2.46 bits per heavy atom. The first-order valence-electron chi connectivity index (χ1n) is 13.3. The van der Waals surface area contributed by atoms with Crippen LogP contribution in [-0.4, -0.2) is 14.5 Å². The summed E-state index contributed by atoms with van der Waals surface area (Å²) in [5.41, 5.74) is 9.84. The third-order valence-corrected chi connectivity index (χ3v) is 9.84. The highest BCUT2D eigenvalue weighted by Crippen LogP contribution is 2.53. The van der Waals surface area contributed by atoms with E-state index in [1.807, 2.05) is 17.5 Å². The molecule has 9 rings (SSSR count). The van der Waals surface area contributed by atoms with Crippen LogP contribution in [-0.2, 0) is 5.41 Å². The summed E-state index contributed by atoms with van der Waals surface area (Å²) < 4.78 is 5.16. The highest BCUT2D eigenvalue weighted by atomic mass is 32.1. The molecule has 0 N–H and O–H groups in total. The molecule has 0 spiro atoms. The average Bonchev–Trinajstić information content (AvgIpc) is 3.57. The van der Waals surface area contributed by atoms with Gasteiger partial charge in [-0.3, -0.25) is 0 Å². The molecule has 3 heterocycles. The summed E-state index contributed by atoms with van der Waals surface area (Å²) in [6.07, 6.45) is 3.56. The molecule has 5 aromatic carbocycles. The molecule has 0 atom stereocenters. The lowest BCUT2D eigenvalue weighted by Gasteiger charge is -2.24. The molecule has 8 aromatic rings. The highest BCUT2D eigenvalue weighted by Gasteiger charge is 2.39. The van der Waals surface area contributed by atoms with E-state index in [9.17, 15) is 0 Å². The second kappa shape index (κ2) is 7.31. The van der Waals surface area contributed by atoms with Gasteiger partial charge in [0.25, 0.3) is 0 Å². The van der Waals surface area contributed by atoms with Crippen LogP contribution < -0.4 is 0 Å². The van der Waals surface area contributed by atoms with Crippen LogP contribution in [0.1, 0.15) is 25.0 Å². The Kier molecular flexibility index (Phi) is 4.01. The quantitative estimate of drug-likeness (QED) is 0.217. The smallest absolute Gasteiger partial charge is 0.116 e. The Hall–Kier alpha value is -4.54. The Bertz CT molecular complexity index is 2320. The van der Waals surface area contributed by atoms with Crippen molar-refractivity contribution in [3.05, 3.63) is 115 Å². The van der Waals surface area contributed by atoms with Crippen LogP contribution >= 0.6 is 11.3 Å². The number of hydrogen-bond acceptors (Lipinski definition) is 3. The maximum atomic E-state index is 4.58. The molecular weight excluding hydrogens is 494 g/mol. The van der Waals surface area contributed by atoms with Crippen LogP contribution in [0.25, 0.3) is 69.7 Å². The van der Waals surface area contributed by atoms with E-state index in [0.29, 0.717) is 0 Å². The van der Waals surface area contributed by atoms with Gasteiger partial charge in [0.15, 0.2) is 0 Å². The molecule has 0 fully saturated rings. The molecule has 0 amide bonds. The van der Waals surface area contributed by atoms with E-state index in [4.69, 9.17) is 0 Å². The van der Waals surface area contributed by atoms with E-state index >= 15 is 0 Å². The fourth-order valence-corrected chi connectivity index (χ4v) is 8.03. The van der Waals surface area contributed by atoms with Gasteiger partial charge in [-0.2, -0.15) is 0 Å². The van der Waals surface area contributed by atoms with Crippen molar-refractivity contribution < 1.29 is 0 Å². The summed E-state index contributed by atoms with van der Waals surface area (Å²) in [4.78, 5) is 8.87. The highest BCUT2D eigenvalue weighted by molar-refractivity contribution is 7.25. The standard InChI is InChI=1S/C35H23N3S/c1-35(2)28-17-29-20(18-36-19-37-29)15-26(28)24-12-13-25-22-7-3-5-9-30(22)38(34(25)33(24)35)21-11-14-32-27(16-21)23-8-4-6-10-31(23)39-32/h3-19H,1-2H3. The first kappa shape index (κ1) is 21.4. The zero-order valence-corrected chi connectivity index (χ0v) is 22.4. The number of benzene rings is 5. The summed E-state index contributed by atoms with van der Waals surface area (Å²) >= 11 is 1.87. The lowest BCUT2D eigenvalue weighted by atomic mass is 9.81. The molecule has 0 saturated carbocycles. The lowest BCUT2D eigenvalue weighted by molar-refractivity contribution is 0.664. The largest absolute Gasteiger partial charge is 0.309 e. The van der Waals surface area contributed by atoms with Crippen LogP contribution in [0.4, 0.5) is 0 Å². The van der Waals surface area contributed by atoms with Crippen molar-refractivity contribution in [3.63, 3.8) is 0 Å². The number of para-hydroxylation sites is 1. The van der Waals surface area contributed by atoms with E-state index in [2.05, 4.69) is 119 Å². The molecular formula is C35H23N3S. The van der Waals surface area contributed by atoms with E-state index in [1.54, 1.807) is 6.33 Å². The van der Waals surface area contributed by atoms with E-state index < -0.39 is 0 Å². The first-order valence-corrected chi connectivity index (χ1v) is 14.1. The zero-order chi connectivity index (χ0) is 25.9. The summed E-state index contributed by atoms with van der Waals surface area (Å²) in [6, 6.07) is 33.7. The van der Waals surface area contributed by atoms with Gasteiger partial charge in [-0.25, -0.2) is 9.97 Å². The van der Waals surface area contributed by atoms with Gasteiger partial charge in [0.1, 0.15) is 6.33 Å². The van der Waals surface area contributed by atoms with Crippen molar-refractivity contribution in [2.45, 2.75) is 19.3 Å². The van der Waals surface area contributed by atoms with Crippen LogP contribution in [0.2, 0.25) is 0 Å². The van der Waals surface area contributed by atoms with Crippen molar-refractivity contribution in [1.29, 1.82) is 0 Å². The number of hydrogen-bond donors (Lipinski definition) is 0. The maximum absolute atomic E-state index is 4.58. The van der Waals surface area contributed by atoms with Crippen molar-refractivity contribution in [3.8, 4) is 16.8 Å². The summed E-state index contributed by atoms with van der Waals surface area (Å²) in [6.45, 7) is 4.73. The average molecular weight is 518 g/mol. The van der Waals surface area contributed by atoms with Gasteiger partial charge < -0.3 is 4.57 Å². The molecule has 0 unspecified atom stereocenters. The molecule has 184 valence electrons. The number of aromatic nitrogens is 3. The van der Waals surface area contributed by atoms with Crippen molar-refractivity contribution in [2.75, 3.05) is 0 Å². The van der Waals surface area contributed by atoms with Gasteiger partial charge in [-0.05, 0) is 64.7 Å². The number of rotatable bonds is 1. The lowest BCUT2D eigenvalue weighted by Crippen LogP contribution is -2.16.